The first-order valence-corrected chi connectivity index (χ1v) is 8.27. The van der Waals surface area contributed by atoms with Gasteiger partial charge in [-0.05, 0) is 26.2 Å². The summed E-state index contributed by atoms with van der Waals surface area (Å²) in [6, 6.07) is 0.208. The first-order chi connectivity index (χ1) is 9.95. The number of rotatable bonds is 6. The number of carbonyl (C=O) groups is 2. The van der Waals surface area contributed by atoms with Gasteiger partial charge in [-0.15, -0.1) is 0 Å². The van der Waals surface area contributed by atoms with Gasteiger partial charge in [0, 0.05) is 44.6 Å². The fraction of sp³-hybridized carbons (Fsp3) is 0.875. The standard InChI is InChI=1S/C16H31N3O2/c1-4-15(20)18-9-6-10-19(12-11-18)16(21)13(2)7-5-8-14(3)17/h13-14H,4-12,17H2,1-3H3. The van der Waals surface area contributed by atoms with Crippen molar-refractivity contribution in [3.05, 3.63) is 0 Å². The molecule has 0 saturated carbocycles. The van der Waals surface area contributed by atoms with E-state index in [0.29, 0.717) is 19.5 Å². The van der Waals surface area contributed by atoms with Crippen LogP contribution in [0.4, 0.5) is 0 Å². The van der Waals surface area contributed by atoms with Gasteiger partial charge in [-0.25, -0.2) is 0 Å². The van der Waals surface area contributed by atoms with Crippen LogP contribution in [0.1, 0.15) is 52.9 Å². The molecule has 1 heterocycles. The molecule has 2 unspecified atom stereocenters. The van der Waals surface area contributed by atoms with Crippen molar-refractivity contribution in [2.24, 2.45) is 11.7 Å². The molecule has 122 valence electrons. The van der Waals surface area contributed by atoms with Crippen LogP contribution in [0, 0.1) is 5.92 Å². The van der Waals surface area contributed by atoms with E-state index in [1.165, 1.54) is 0 Å². The molecule has 1 saturated heterocycles. The van der Waals surface area contributed by atoms with Crippen molar-refractivity contribution in [2.75, 3.05) is 26.2 Å². The highest BCUT2D eigenvalue weighted by Gasteiger charge is 2.24. The van der Waals surface area contributed by atoms with Gasteiger partial charge < -0.3 is 15.5 Å². The topological polar surface area (TPSA) is 66.6 Å². The Morgan fingerprint density at radius 3 is 2.29 bits per heavy atom. The van der Waals surface area contributed by atoms with Crippen LogP contribution in [0.2, 0.25) is 0 Å². The van der Waals surface area contributed by atoms with Gasteiger partial charge in [0.05, 0.1) is 0 Å². The summed E-state index contributed by atoms with van der Waals surface area (Å²) >= 11 is 0. The summed E-state index contributed by atoms with van der Waals surface area (Å²) in [6.45, 7) is 8.77. The molecular formula is C16H31N3O2. The first kappa shape index (κ1) is 18.0. The van der Waals surface area contributed by atoms with E-state index < -0.39 is 0 Å². The highest BCUT2D eigenvalue weighted by atomic mass is 16.2. The highest BCUT2D eigenvalue weighted by molar-refractivity contribution is 5.79. The minimum atomic E-state index is 0.0529. The third kappa shape index (κ3) is 6.04. The Hall–Kier alpha value is -1.10. The van der Waals surface area contributed by atoms with Crippen LogP contribution in [0.25, 0.3) is 0 Å². The summed E-state index contributed by atoms with van der Waals surface area (Å²) < 4.78 is 0. The van der Waals surface area contributed by atoms with E-state index in [1.807, 2.05) is 30.6 Å². The molecule has 0 bridgehead atoms. The lowest BCUT2D eigenvalue weighted by Crippen LogP contribution is -2.39. The maximum absolute atomic E-state index is 12.5. The van der Waals surface area contributed by atoms with Gasteiger partial charge in [0.25, 0.3) is 0 Å². The molecule has 1 aliphatic heterocycles. The van der Waals surface area contributed by atoms with Crippen LogP contribution >= 0.6 is 0 Å². The summed E-state index contributed by atoms with van der Waals surface area (Å²) in [4.78, 5) is 28.0. The Bertz CT molecular complexity index is 344. The summed E-state index contributed by atoms with van der Waals surface area (Å²) in [7, 11) is 0. The largest absolute Gasteiger partial charge is 0.341 e. The Balaban J connectivity index is 2.42. The Morgan fingerprint density at radius 2 is 1.67 bits per heavy atom. The van der Waals surface area contributed by atoms with Crippen LogP contribution in [0.15, 0.2) is 0 Å². The van der Waals surface area contributed by atoms with Gasteiger partial charge in [0.2, 0.25) is 11.8 Å². The van der Waals surface area contributed by atoms with Gasteiger partial charge in [-0.2, -0.15) is 0 Å². The van der Waals surface area contributed by atoms with Crippen LogP contribution < -0.4 is 5.73 Å². The molecule has 2 amide bonds. The second kappa shape index (κ2) is 9.03. The van der Waals surface area contributed by atoms with E-state index in [-0.39, 0.29) is 23.8 Å². The van der Waals surface area contributed by atoms with E-state index >= 15 is 0 Å². The molecule has 5 nitrogen and oxygen atoms in total. The lowest BCUT2D eigenvalue weighted by Gasteiger charge is -2.25. The van der Waals surface area contributed by atoms with Gasteiger partial charge in [-0.1, -0.05) is 20.3 Å². The molecule has 2 N–H and O–H groups in total. The second-order valence-corrected chi connectivity index (χ2v) is 6.22. The van der Waals surface area contributed by atoms with E-state index in [2.05, 4.69) is 0 Å². The minimum absolute atomic E-state index is 0.0529. The molecule has 2 atom stereocenters. The molecule has 1 fully saturated rings. The number of carbonyl (C=O) groups excluding carboxylic acids is 2. The zero-order valence-corrected chi connectivity index (χ0v) is 13.8. The predicted molar refractivity (Wildman–Crippen MR) is 84.7 cm³/mol. The number of hydrogen-bond donors (Lipinski definition) is 1. The molecule has 0 aromatic heterocycles. The highest BCUT2D eigenvalue weighted by Crippen LogP contribution is 2.14. The molecule has 0 aromatic carbocycles. The van der Waals surface area contributed by atoms with Crippen molar-refractivity contribution in [3.8, 4) is 0 Å². The molecule has 1 rings (SSSR count). The molecule has 1 aliphatic rings. The predicted octanol–water partition coefficient (Wildman–Crippen LogP) is 1.61. The molecule has 21 heavy (non-hydrogen) atoms. The van der Waals surface area contributed by atoms with E-state index in [0.717, 1.165) is 38.8 Å². The van der Waals surface area contributed by atoms with Crippen molar-refractivity contribution in [1.29, 1.82) is 0 Å². The first-order valence-electron chi connectivity index (χ1n) is 8.27. The summed E-state index contributed by atoms with van der Waals surface area (Å²) in [5.74, 6) is 0.469. The fourth-order valence-corrected chi connectivity index (χ4v) is 2.79. The van der Waals surface area contributed by atoms with Gasteiger partial charge in [0.15, 0.2) is 0 Å². The number of nitrogens with zero attached hydrogens (tertiary/aromatic N) is 2. The summed E-state index contributed by atoms with van der Waals surface area (Å²) in [5, 5.41) is 0. The van der Waals surface area contributed by atoms with Gasteiger partial charge in [-0.3, -0.25) is 9.59 Å². The van der Waals surface area contributed by atoms with E-state index in [1.54, 1.807) is 0 Å². The van der Waals surface area contributed by atoms with E-state index in [4.69, 9.17) is 5.73 Å². The number of nitrogens with two attached hydrogens (primary N) is 1. The van der Waals surface area contributed by atoms with Crippen molar-refractivity contribution in [1.82, 2.24) is 9.80 Å². The zero-order chi connectivity index (χ0) is 15.8. The van der Waals surface area contributed by atoms with Crippen LogP contribution in [0.3, 0.4) is 0 Å². The average Bonchev–Trinajstić information content (AvgIpc) is 2.71. The summed E-state index contributed by atoms with van der Waals surface area (Å²) in [5.41, 5.74) is 5.74. The average molecular weight is 297 g/mol. The molecule has 0 aliphatic carbocycles. The lowest BCUT2D eigenvalue weighted by atomic mass is 10.0. The lowest BCUT2D eigenvalue weighted by molar-refractivity contribution is -0.136. The van der Waals surface area contributed by atoms with E-state index in [9.17, 15) is 9.59 Å². The maximum Gasteiger partial charge on any atom is 0.225 e. The molecule has 0 radical (unpaired) electrons. The Morgan fingerprint density at radius 1 is 1.05 bits per heavy atom. The molecule has 0 spiro atoms. The normalized spacial score (nSPS) is 19.0. The van der Waals surface area contributed by atoms with Crippen molar-refractivity contribution in [2.45, 2.75) is 58.9 Å². The monoisotopic (exact) mass is 297 g/mol. The Kier molecular flexibility index (Phi) is 7.72. The second-order valence-electron chi connectivity index (χ2n) is 6.22. The summed E-state index contributed by atoms with van der Waals surface area (Å²) in [6.07, 6.45) is 4.29. The molecule has 5 heteroatoms. The number of hydrogen-bond acceptors (Lipinski definition) is 3. The molecule has 0 aromatic rings. The number of amides is 2. The van der Waals surface area contributed by atoms with Crippen LogP contribution in [-0.2, 0) is 9.59 Å². The van der Waals surface area contributed by atoms with Gasteiger partial charge >= 0.3 is 0 Å². The minimum Gasteiger partial charge on any atom is -0.341 e. The van der Waals surface area contributed by atoms with Crippen molar-refractivity contribution < 1.29 is 9.59 Å². The Labute approximate surface area is 128 Å². The van der Waals surface area contributed by atoms with Crippen LogP contribution in [-0.4, -0.2) is 53.8 Å². The van der Waals surface area contributed by atoms with Gasteiger partial charge in [0.1, 0.15) is 0 Å². The smallest absolute Gasteiger partial charge is 0.225 e. The SMILES string of the molecule is CCC(=O)N1CCCN(C(=O)C(C)CCCC(C)N)CC1. The quantitative estimate of drug-likeness (QED) is 0.810. The van der Waals surface area contributed by atoms with Crippen molar-refractivity contribution in [3.63, 3.8) is 0 Å². The maximum atomic E-state index is 12.5. The van der Waals surface area contributed by atoms with Crippen LogP contribution in [0.5, 0.6) is 0 Å². The zero-order valence-electron chi connectivity index (χ0n) is 13.8. The third-order valence-electron chi connectivity index (χ3n) is 4.18. The third-order valence-corrected chi connectivity index (χ3v) is 4.18. The fourth-order valence-electron chi connectivity index (χ4n) is 2.79. The van der Waals surface area contributed by atoms with Crippen molar-refractivity contribution >= 4 is 11.8 Å². The molecular weight excluding hydrogens is 266 g/mol.